The number of pyridine rings is 1. The Morgan fingerprint density at radius 3 is 1.95 bits per heavy atom. The van der Waals surface area contributed by atoms with Crippen LogP contribution in [-0.4, -0.2) is 9.55 Å². The van der Waals surface area contributed by atoms with E-state index >= 15 is 0 Å². The maximum absolute atomic E-state index is 6.81. The van der Waals surface area contributed by atoms with Gasteiger partial charge in [0.15, 0.2) is 0 Å². The average molecular weight is 979 g/mol. The number of aromatic nitrogens is 2. The summed E-state index contributed by atoms with van der Waals surface area (Å²) in [5.41, 5.74) is 10.7. The van der Waals surface area contributed by atoms with Crippen molar-refractivity contribution >= 4 is 33.2 Å². The molecule has 0 amide bonds. The van der Waals surface area contributed by atoms with Gasteiger partial charge in [0.2, 0.25) is 0 Å². The van der Waals surface area contributed by atoms with Crippen LogP contribution >= 0.6 is 0 Å². The van der Waals surface area contributed by atoms with Gasteiger partial charge in [-0.2, -0.15) is 6.07 Å². The van der Waals surface area contributed by atoms with Crippen molar-refractivity contribution in [3.05, 3.63) is 199 Å². The Hall–Kier alpha value is -5.90. The van der Waals surface area contributed by atoms with Crippen LogP contribution in [0.3, 0.4) is 0 Å². The molecule has 6 heteroatoms. The Morgan fingerprint density at radius 2 is 1.25 bits per heavy atom. The van der Waals surface area contributed by atoms with Crippen molar-refractivity contribution in [1.29, 1.82) is 0 Å². The summed E-state index contributed by atoms with van der Waals surface area (Å²) in [7, 11) is 0. The van der Waals surface area contributed by atoms with Crippen molar-refractivity contribution in [2.45, 2.75) is 66.2 Å². The molecule has 3 heterocycles. The normalized spacial score (nSPS) is 13.4. The zero-order chi connectivity index (χ0) is 41.8. The van der Waals surface area contributed by atoms with E-state index in [9.17, 15) is 0 Å². The summed E-state index contributed by atoms with van der Waals surface area (Å²) in [5.74, 6) is 2.06. The number of ether oxygens (including phenoxy) is 1. The van der Waals surface area contributed by atoms with E-state index in [0.717, 1.165) is 55.8 Å². The largest absolute Gasteiger partial charge is 0.509 e. The van der Waals surface area contributed by atoms with Crippen LogP contribution in [0.25, 0.3) is 38.8 Å². The molecule has 0 saturated carbocycles. The molecule has 5 nitrogen and oxygen atoms in total. The van der Waals surface area contributed by atoms with E-state index in [1.54, 1.807) is 0 Å². The molecule has 1 aliphatic heterocycles. The van der Waals surface area contributed by atoms with Gasteiger partial charge in [0.1, 0.15) is 5.82 Å². The SMILES string of the molecule is CC(C)(C)C1=CN(c2ccc(C(C)(C)c3ccccc3)cc2)[CH-]N1c1[c-]c(Oc2[c-]c3c(cc2)c2ccccc2n3-c2cc(C(C)(C)C)ccn2)cc(-c2ccccc2)c1.[Pt]. The van der Waals surface area contributed by atoms with Crippen LogP contribution in [0.5, 0.6) is 11.5 Å². The molecule has 0 unspecified atom stereocenters. The smallest absolute Gasteiger partial charge is 0.135 e. The third kappa shape index (κ3) is 8.17. The Balaban J connectivity index is 0.00000514. The van der Waals surface area contributed by atoms with Gasteiger partial charge >= 0.3 is 0 Å². The molecular formula is C55H51N4OPt-3. The second-order valence-corrected chi connectivity index (χ2v) is 18.4. The molecule has 6 aromatic carbocycles. The fraction of sp³-hybridized carbons (Fsp3) is 0.200. The molecule has 8 aromatic rings. The van der Waals surface area contributed by atoms with Crippen molar-refractivity contribution in [1.82, 2.24) is 9.55 Å². The minimum absolute atomic E-state index is 0. The summed E-state index contributed by atoms with van der Waals surface area (Å²) in [6.07, 6.45) is 4.14. The number of hydrogen-bond donors (Lipinski definition) is 0. The third-order valence-corrected chi connectivity index (χ3v) is 11.7. The van der Waals surface area contributed by atoms with Crippen molar-refractivity contribution in [2.75, 3.05) is 9.80 Å². The van der Waals surface area contributed by atoms with Crippen LogP contribution in [0.2, 0.25) is 0 Å². The fourth-order valence-corrected chi connectivity index (χ4v) is 8.18. The molecule has 0 spiro atoms. The van der Waals surface area contributed by atoms with Crippen molar-refractivity contribution in [2.24, 2.45) is 5.41 Å². The monoisotopic (exact) mass is 978 g/mol. The summed E-state index contributed by atoms with van der Waals surface area (Å²) in [4.78, 5) is 9.33. The van der Waals surface area contributed by atoms with E-state index in [1.807, 2.05) is 18.3 Å². The number of allylic oxidation sites excluding steroid dienone is 1. The first kappa shape index (κ1) is 41.8. The van der Waals surface area contributed by atoms with Crippen LogP contribution in [0.4, 0.5) is 11.4 Å². The Kier molecular flexibility index (Phi) is 11.1. The average Bonchev–Trinajstić information content (AvgIpc) is 3.85. The van der Waals surface area contributed by atoms with Crippen molar-refractivity contribution < 1.29 is 25.8 Å². The molecule has 0 radical (unpaired) electrons. The molecule has 310 valence electrons. The number of para-hydroxylation sites is 1. The zero-order valence-corrected chi connectivity index (χ0v) is 38.4. The first-order chi connectivity index (χ1) is 28.7. The molecule has 2 aromatic heterocycles. The van der Waals surface area contributed by atoms with Gasteiger partial charge in [-0.1, -0.05) is 152 Å². The standard InChI is InChI=1S/C55H51N4O.Pt/c1-53(2,3)42-29-30-56-52(33-42)59-49-22-16-15-21-47(49)48-28-27-45(35-50(48)59)60-46-32-39(38-17-11-9-12-18-38)31-44(34-46)58-37-57(36-51(58)54(4,5)6)43-25-23-41(24-26-43)55(7,8)40-19-13-10-14-20-40;/h9-33,36-37H,1-8H3;/q-3;. The van der Waals surface area contributed by atoms with E-state index in [-0.39, 0.29) is 37.3 Å². The van der Waals surface area contributed by atoms with Crippen LogP contribution < -0.4 is 14.5 Å². The van der Waals surface area contributed by atoms with Gasteiger partial charge in [-0.05, 0) is 69.6 Å². The molecule has 61 heavy (non-hydrogen) atoms. The summed E-state index contributed by atoms with van der Waals surface area (Å²) < 4.78 is 9.01. The number of rotatable bonds is 8. The predicted octanol–water partition coefficient (Wildman–Crippen LogP) is 14.2. The Labute approximate surface area is 375 Å². The Bertz CT molecular complexity index is 2860. The second kappa shape index (κ2) is 16.2. The van der Waals surface area contributed by atoms with Gasteiger partial charge in [-0.15, -0.1) is 53.6 Å². The van der Waals surface area contributed by atoms with E-state index in [4.69, 9.17) is 9.72 Å². The van der Waals surface area contributed by atoms with Gasteiger partial charge in [0.05, 0.1) is 0 Å². The minimum atomic E-state index is -0.178. The van der Waals surface area contributed by atoms with Gasteiger partial charge in [0, 0.05) is 66.5 Å². The maximum atomic E-state index is 6.81. The van der Waals surface area contributed by atoms with E-state index < -0.39 is 0 Å². The van der Waals surface area contributed by atoms with Crippen LogP contribution in [0, 0.1) is 24.2 Å². The molecule has 1 aliphatic rings. The summed E-state index contributed by atoms with van der Waals surface area (Å²) in [6.45, 7) is 20.2. The molecular weight excluding hydrogens is 928 g/mol. The Morgan fingerprint density at radius 1 is 0.574 bits per heavy atom. The van der Waals surface area contributed by atoms with Crippen LogP contribution in [0.1, 0.15) is 72.1 Å². The van der Waals surface area contributed by atoms with E-state index in [1.165, 1.54) is 16.7 Å². The summed E-state index contributed by atoms with van der Waals surface area (Å²) in [6, 6.07) is 58.6. The van der Waals surface area contributed by atoms with Crippen molar-refractivity contribution in [3.8, 4) is 28.4 Å². The number of nitrogens with zero attached hydrogens (tertiary/aromatic N) is 4. The third-order valence-electron chi connectivity index (χ3n) is 11.7. The first-order valence-corrected chi connectivity index (χ1v) is 20.8. The molecule has 0 bridgehead atoms. The molecule has 0 saturated heterocycles. The number of anilines is 2. The molecule has 0 fully saturated rings. The van der Waals surface area contributed by atoms with Gasteiger partial charge < -0.3 is 19.1 Å². The number of hydrogen-bond acceptors (Lipinski definition) is 4. The molecule has 0 atom stereocenters. The molecule has 9 rings (SSSR count). The fourth-order valence-electron chi connectivity index (χ4n) is 8.18. The van der Waals surface area contributed by atoms with Gasteiger partial charge in [-0.25, -0.2) is 4.98 Å². The first-order valence-electron chi connectivity index (χ1n) is 20.8. The summed E-state index contributed by atoms with van der Waals surface area (Å²) in [5, 5.41) is 2.23. The van der Waals surface area contributed by atoms with Gasteiger partial charge in [-0.3, -0.25) is 0 Å². The molecule has 0 aliphatic carbocycles. The zero-order valence-electron chi connectivity index (χ0n) is 36.1. The number of benzene rings is 6. The quantitative estimate of drug-likeness (QED) is 0.142. The second-order valence-electron chi connectivity index (χ2n) is 18.4. The maximum Gasteiger partial charge on any atom is 0.135 e. The van der Waals surface area contributed by atoms with E-state index in [0.29, 0.717) is 11.5 Å². The van der Waals surface area contributed by atoms with Crippen LogP contribution in [0.15, 0.2) is 164 Å². The van der Waals surface area contributed by atoms with E-state index in [2.05, 4.69) is 228 Å². The number of fused-ring (bicyclic) bond motifs is 3. The van der Waals surface area contributed by atoms with Crippen molar-refractivity contribution in [3.63, 3.8) is 0 Å². The minimum Gasteiger partial charge on any atom is -0.509 e. The van der Waals surface area contributed by atoms with Gasteiger partial charge in [0.25, 0.3) is 0 Å². The van der Waals surface area contributed by atoms with Crippen LogP contribution in [-0.2, 0) is 31.9 Å². The topological polar surface area (TPSA) is 33.5 Å². The summed E-state index contributed by atoms with van der Waals surface area (Å²) >= 11 is 0. The predicted molar refractivity (Wildman–Crippen MR) is 249 cm³/mol. The molecule has 0 N–H and O–H groups in total.